The molecule has 34 heavy (non-hydrogen) atoms. The number of hydrogen-bond acceptors (Lipinski definition) is 6. The zero-order chi connectivity index (χ0) is 23.8. The summed E-state index contributed by atoms with van der Waals surface area (Å²) in [5, 5.41) is 3.78. The molecule has 10 heteroatoms. The number of amides is 4. The lowest BCUT2D eigenvalue weighted by Crippen LogP contribution is -2.31. The van der Waals surface area contributed by atoms with E-state index in [4.69, 9.17) is 11.6 Å². The molecule has 4 amide bonds. The number of aromatic nitrogens is 1. The number of nitrogens with one attached hydrogen (secondary N) is 1. The van der Waals surface area contributed by atoms with E-state index in [9.17, 15) is 19.2 Å². The van der Waals surface area contributed by atoms with Crippen molar-refractivity contribution in [2.24, 2.45) is 5.92 Å². The van der Waals surface area contributed by atoms with Crippen LogP contribution in [0.3, 0.4) is 0 Å². The molecule has 0 aliphatic carbocycles. The zero-order valence-corrected chi connectivity index (χ0v) is 19.4. The van der Waals surface area contributed by atoms with Crippen molar-refractivity contribution in [2.45, 2.75) is 12.8 Å². The molecule has 0 bridgehead atoms. The Morgan fingerprint density at radius 2 is 1.74 bits per heavy atom. The molecule has 1 atom stereocenters. The summed E-state index contributed by atoms with van der Waals surface area (Å²) in [6, 6.07) is 13.7. The lowest BCUT2D eigenvalue weighted by atomic mass is 10.1. The number of imide groups is 1. The van der Waals surface area contributed by atoms with Crippen LogP contribution >= 0.6 is 22.9 Å². The Morgan fingerprint density at radius 1 is 1.06 bits per heavy atom. The van der Waals surface area contributed by atoms with Gasteiger partial charge in [0.05, 0.1) is 17.0 Å². The van der Waals surface area contributed by atoms with E-state index < -0.39 is 5.92 Å². The smallest absolute Gasteiger partial charge is 0.261 e. The molecule has 2 aromatic carbocycles. The van der Waals surface area contributed by atoms with Crippen molar-refractivity contribution >= 4 is 57.4 Å². The molecule has 3 heterocycles. The predicted octanol–water partition coefficient (Wildman–Crippen LogP) is 3.63. The van der Waals surface area contributed by atoms with Crippen molar-refractivity contribution < 1.29 is 19.2 Å². The van der Waals surface area contributed by atoms with E-state index in [0.717, 1.165) is 4.88 Å². The lowest BCUT2D eigenvalue weighted by molar-refractivity contribution is -0.122. The second-order valence-corrected chi connectivity index (χ2v) is 9.61. The van der Waals surface area contributed by atoms with Gasteiger partial charge in [0.2, 0.25) is 11.8 Å². The van der Waals surface area contributed by atoms with E-state index in [1.165, 1.54) is 16.2 Å². The summed E-state index contributed by atoms with van der Waals surface area (Å²) in [5.74, 6) is -1.48. The van der Waals surface area contributed by atoms with Gasteiger partial charge < -0.3 is 10.2 Å². The summed E-state index contributed by atoms with van der Waals surface area (Å²) >= 11 is 7.20. The van der Waals surface area contributed by atoms with Crippen LogP contribution in [-0.2, 0) is 16.0 Å². The average Bonchev–Trinajstić information content (AvgIpc) is 3.51. The first-order valence-electron chi connectivity index (χ1n) is 10.7. The Labute approximate surface area is 204 Å². The molecule has 8 nitrogen and oxygen atoms in total. The second kappa shape index (κ2) is 9.00. The normalized spacial score (nSPS) is 17.4. The van der Waals surface area contributed by atoms with Crippen LogP contribution in [0.4, 0.5) is 10.8 Å². The molecule has 3 aromatic rings. The van der Waals surface area contributed by atoms with Crippen LogP contribution in [0.1, 0.15) is 32.0 Å². The Balaban J connectivity index is 1.17. The summed E-state index contributed by atoms with van der Waals surface area (Å²) < 4.78 is 0. The maximum Gasteiger partial charge on any atom is 0.261 e. The highest BCUT2D eigenvalue weighted by molar-refractivity contribution is 7.15. The first kappa shape index (κ1) is 22.2. The molecule has 1 aromatic heterocycles. The Kier molecular flexibility index (Phi) is 5.89. The minimum absolute atomic E-state index is 0.117. The molecule has 2 aliphatic heterocycles. The van der Waals surface area contributed by atoms with Crippen LogP contribution < -0.4 is 10.2 Å². The molecule has 1 saturated heterocycles. The van der Waals surface area contributed by atoms with Crippen molar-refractivity contribution in [2.75, 3.05) is 23.3 Å². The summed E-state index contributed by atoms with van der Waals surface area (Å²) in [6.07, 6.45) is 2.18. The van der Waals surface area contributed by atoms with Crippen LogP contribution in [0.15, 0.2) is 54.7 Å². The van der Waals surface area contributed by atoms with E-state index in [0.29, 0.717) is 33.4 Å². The number of benzene rings is 2. The standard InChI is InChI=1S/C24H19ClN4O4S/c25-15-5-7-16(8-6-15)29-13-14(11-20(29)30)21(31)27-24-26-12-17(34-24)9-10-28-22(32)18-3-1-2-4-19(18)23(28)33/h1-8,12,14H,9-11,13H2,(H,26,27,31). The molecular weight excluding hydrogens is 476 g/mol. The quantitative estimate of drug-likeness (QED) is 0.527. The summed E-state index contributed by atoms with van der Waals surface area (Å²) in [7, 11) is 0. The van der Waals surface area contributed by atoms with Crippen molar-refractivity contribution in [3.63, 3.8) is 0 Å². The number of hydrogen-bond donors (Lipinski definition) is 1. The average molecular weight is 495 g/mol. The zero-order valence-electron chi connectivity index (χ0n) is 17.9. The number of fused-ring (bicyclic) bond motifs is 1. The topological polar surface area (TPSA) is 99.7 Å². The van der Waals surface area contributed by atoms with Crippen LogP contribution in [0.2, 0.25) is 5.02 Å². The largest absolute Gasteiger partial charge is 0.312 e. The Bertz CT molecular complexity index is 1270. The third-order valence-electron chi connectivity index (χ3n) is 5.88. The van der Waals surface area contributed by atoms with Gasteiger partial charge in [0.1, 0.15) is 0 Å². The molecule has 2 aliphatic rings. The van der Waals surface area contributed by atoms with Gasteiger partial charge in [0.25, 0.3) is 11.8 Å². The third kappa shape index (κ3) is 4.20. The molecule has 0 radical (unpaired) electrons. The molecule has 172 valence electrons. The van der Waals surface area contributed by atoms with Gasteiger partial charge in [-0.05, 0) is 36.4 Å². The van der Waals surface area contributed by atoms with Crippen LogP contribution in [0.25, 0.3) is 0 Å². The molecular formula is C24H19ClN4O4S. The van der Waals surface area contributed by atoms with Gasteiger partial charge in [-0.15, -0.1) is 11.3 Å². The summed E-state index contributed by atoms with van der Waals surface area (Å²) in [5.41, 5.74) is 1.54. The number of anilines is 2. The highest BCUT2D eigenvalue weighted by Crippen LogP contribution is 2.28. The van der Waals surface area contributed by atoms with Gasteiger partial charge in [-0.25, -0.2) is 4.98 Å². The second-order valence-electron chi connectivity index (χ2n) is 8.06. The fourth-order valence-electron chi connectivity index (χ4n) is 4.11. The number of carbonyl (C=O) groups excluding carboxylic acids is 4. The number of thiazole rings is 1. The van der Waals surface area contributed by atoms with Gasteiger partial charge in [-0.1, -0.05) is 23.7 Å². The summed E-state index contributed by atoms with van der Waals surface area (Å²) in [4.78, 5) is 58.0. The fourth-order valence-corrected chi connectivity index (χ4v) is 5.04. The molecule has 0 spiro atoms. The maximum absolute atomic E-state index is 12.7. The Morgan fingerprint density at radius 3 is 2.41 bits per heavy atom. The van der Waals surface area contributed by atoms with Gasteiger partial charge in [-0.3, -0.25) is 24.1 Å². The van der Waals surface area contributed by atoms with Crippen molar-refractivity contribution in [3.8, 4) is 0 Å². The third-order valence-corrected chi connectivity index (χ3v) is 7.10. The fraction of sp³-hybridized carbons (Fsp3) is 0.208. The molecule has 5 rings (SSSR count). The first-order chi connectivity index (χ1) is 16.4. The lowest BCUT2D eigenvalue weighted by Gasteiger charge is -2.16. The van der Waals surface area contributed by atoms with Crippen molar-refractivity contribution in [1.82, 2.24) is 9.88 Å². The predicted molar refractivity (Wildman–Crippen MR) is 128 cm³/mol. The SMILES string of the molecule is O=C(Nc1ncc(CCN2C(=O)c3ccccc3C2=O)s1)C1CC(=O)N(c2ccc(Cl)cc2)C1. The highest BCUT2D eigenvalue weighted by atomic mass is 35.5. The number of rotatable bonds is 6. The van der Waals surface area contributed by atoms with E-state index in [1.54, 1.807) is 59.6 Å². The highest BCUT2D eigenvalue weighted by Gasteiger charge is 2.36. The first-order valence-corrected chi connectivity index (χ1v) is 11.9. The van der Waals surface area contributed by atoms with E-state index in [-0.39, 0.29) is 43.1 Å². The van der Waals surface area contributed by atoms with E-state index in [2.05, 4.69) is 10.3 Å². The number of halogens is 1. The van der Waals surface area contributed by atoms with Crippen molar-refractivity contribution in [1.29, 1.82) is 0 Å². The van der Waals surface area contributed by atoms with E-state index in [1.807, 2.05) is 0 Å². The number of carbonyl (C=O) groups is 4. The Hall–Kier alpha value is -3.56. The number of nitrogens with zero attached hydrogens (tertiary/aromatic N) is 3. The minimum atomic E-state index is -0.492. The molecule has 1 fully saturated rings. The molecule has 1 unspecified atom stereocenters. The monoisotopic (exact) mass is 494 g/mol. The van der Waals surface area contributed by atoms with Crippen LogP contribution in [-0.4, -0.2) is 46.6 Å². The molecule has 1 N–H and O–H groups in total. The van der Waals surface area contributed by atoms with Crippen molar-refractivity contribution in [3.05, 3.63) is 75.8 Å². The molecule has 0 saturated carbocycles. The van der Waals surface area contributed by atoms with Gasteiger partial charge in [0.15, 0.2) is 5.13 Å². The van der Waals surface area contributed by atoms with E-state index >= 15 is 0 Å². The maximum atomic E-state index is 12.7. The van der Waals surface area contributed by atoms with Gasteiger partial charge in [-0.2, -0.15) is 0 Å². The van der Waals surface area contributed by atoms with Gasteiger partial charge >= 0.3 is 0 Å². The van der Waals surface area contributed by atoms with Gasteiger partial charge in [0, 0.05) is 47.7 Å². The minimum Gasteiger partial charge on any atom is -0.312 e. The summed E-state index contributed by atoms with van der Waals surface area (Å²) in [6.45, 7) is 0.513. The van der Waals surface area contributed by atoms with Crippen LogP contribution in [0.5, 0.6) is 0 Å². The van der Waals surface area contributed by atoms with Crippen LogP contribution in [0, 0.1) is 5.92 Å².